The molecule has 0 unspecified atom stereocenters. The van der Waals surface area contributed by atoms with Gasteiger partial charge in [-0.25, -0.2) is 0 Å². The first-order chi connectivity index (χ1) is 6.79. The number of benzene rings is 1. The summed E-state index contributed by atoms with van der Waals surface area (Å²) in [4.78, 5) is 0. The molecule has 14 heavy (non-hydrogen) atoms. The fraction of sp³-hybridized carbons (Fsp3) is 0.417. The van der Waals surface area contributed by atoms with E-state index in [2.05, 4.69) is 18.3 Å². The Balaban J connectivity index is 2.76. The van der Waals surface area contributed by atoms with Gasteiger partial charge in [0.2, 0.25) is 0 Å². The second-order valence-electron chi connectivity index (χ2n) is 3.39. The molecule has 0 spiro atoms. The number of nitrogens with zero attached hydrogens (tertiary/aromatic N) is 1. The Hall–Kier alpha value is -1.49. The molecule has 2 nitrogen and oxygen atoms in total. The maximum absolute atomic E-state index is 8.97. The van der Waals surface area contributed by atoms with Crippen LogP contribution in [0.15, 0.2) is 18.2 Å². The Kier molecular flexibility index (Phi) is 4.00. The van der Waals surface area contributed by atoms with Gasteiger partial charge in [0.15, 0.2) is 0 Å². The smallest absolute Gasteiger partial charge is 0.102 e. The van der Waals surface area contributed by atoms with Crippen molar-refractivity contribution in [2.75, 3.05) is 11.9 Å². The standard InChI is InChI=1S/C12H16N2/c1-3-4-8-14-12-7-5-6-10(2)11(12)9-13/h5-7,14H,3-4,8H2,1-2H3. The Morgan fingerprint density at radius 1 is 1.43 bits per heavy atom. The van der Waals surface area contributed by atoms with E-state index in [-0.39, 0.29) is 0 Å². The van der Waals surface area contributed by atoms with E-state index in [1.54, 1.807) is 0 Å². The molecule has 0 aromatic heterocycles. The van der Waals surface area contributed by atoms with Crippen LogP contribution in [0.2, 0.25) is 0 Å². The summed E-state index contributed by atoms with van der Waals surface area (Å²) in [7, 11) is 0. The van der Waals surface area contributed by atoms with Gasteiger partial charge >= 0.3 is 0 Å². The third-order valence-electron chi connectivity index (χ3n) is 2.23. The number of nitrogens with one attached hydrogen (secondary N) is 1. The van der Waals surface area contributed by atoms with E-state index in [1.165, 1.54) is 6.42 Å². The van der Waals surface area contributed by atoms with Gasteiger partial charge in [-0.15, -0.1) is 0 Å². The second-order valence-corrected chi connectivity index (χ2v) is 3.39. The summed E-state index contributed by atoms with van der Waals surface area (Å²) in [5.41, 5.74) is 2.76. The SMILES string of the molecule is CCCCNc1cccc(C)c1C#N. The van der Waals surface area contributed by atoms with Gasteiger partial charge in [0.25, 0.3) is 0 Å². The number of hydrogen-bond donors (Lipinski definition) is 1. The van der Waals surface area contributed by atoms with Gasteiger partial charge < -0.3 is 5.32 Å². The molecule has 0 aliphatic carbocycles. The van der Waals surface area contributed by atoms with Crippen molar-refractivity contribution in [3.8, 4) is 6.07 Å². The van der Waals surface area contributed by atoms with Crippen molar-refractivity contribution in [1.29, 1.82) is 5.26 Å². The van der Waals surface area contributed by atoms with Gasteiger partial charge in [0, 0.05) is 6.54 Å². The molecule has 0 saturated carbocycles. The van der Waals surface area contributed by atoms with Gasteiger partial charge in [-0.05, 0) is 25.0 Å². The first kappa shape index (κ1) is 10.6. The van der Waals surface area contributed by atoms with Gasteiger partial charge in [-0.1, -0.05) is 25.5 Å². The molecule has 74 valence electrons. The van der Waals surface area contributed by atoms with E-state index in [1.807, 2.05) is 25.1 Å². The highest BCUT2D eigenvalue weighted by atomic mass is 14.9. The van der Waals surface area contributed by atoms with Gasteiger partial charge in [0.05, 0.1) is 11.3 Å². The first-order valence-corrected chi connectivity index (χ1v) is 5.03. The molecule has 1 rings (SSSR count). The summed E-state index contributed by atoms with van der Waals surface area (Å²) in [6, 6.07) is 8.13. The largest absolute Gasteiger partial charge is 0.384 e. The summed E-state index contributed by atoms with van der Waals surface area (Å²) >= 11 is 0. The molecule has 1 aromatic carbocycles. The lowest BCUT2D eigenvalue weighted by Crippen LogP contribution is -2.03. The third-order valence-corrected chi connectivity index (χ3v) is 2.23. The molecule has 0 amide bonds. The monoisotopic (exact) mass is 188 g/mol. The van der Waals surface area contributed by atoms with Crippen LogP contribution in [0.25, 0.3) is 0 Å². The van der Waals surface area contributed by atoms with Crippen molar-refractivity contribution >= 4 is 5.69 Å². The van der Waals surface area contributed by atoms with Crippen LogP contribution in [0.1, 0.15) is 30.9 Å². The van der Waals surface area contributed by atoms with Crippen LogP contribution in [0.5, 0.6) is 0 Å². The zero-order valence-electron chi connectivity index (χ0n) is 8.80. The molecule has 1 aromatic rings. The van der Waals surface area contributed by atoms with Crippen molar-refractivity contribution in [2.24, 2.45) is 0 Å². The third kappa shape index (κ3) is 2.50. The van der Waals surface area contributed by atoms with E-state index >= 15 is 0 Å². The maximum atomic E-state index is 8.97. The summed E-state index contributed by atoms with van der Waals surface area (Å²) in [6.45, 7) is 5.06. The van der Waals surface area contributed by atoms with Crippen molar-refractivity contribution in [3.05, 3.63) is 29.3 Å². The van der Waals surface area contributed by atoms with Crippen LogP contribution in [-0.4, -0.2) is 6.54 Å². The number of anilines is 1. The van der Waals surface area contributed by atoms with Crippen LogP contribution < -0.4 is 5.32 Å². The predicted molar refractivity (Wildman–Crippen MR) is 59.3 cm³/mol. The lowest BCUT2D eigenvalue weighted by Gasteiger charge is -2.08. The molecule has 0 heterocycles. The zero-order chi connectivity index (χ0) is 10.4. The molecule has 0 radical (unpaired) electrons. The van der Waals surface area contributed by atoms with E-state index in [4.69, 9.17) is 5.26 Å². The average molecular weight is 188 g/mol. The molecular formula is C12H16N2. The molecule has 1 N–H and O–H groups in total. The summed E-state index contributed by atoms with van der Waals surface area (Å²) in [5, 5.41) is 12.2. The lowest BCUT2D eigenvalue weighted by atomic mass is 10.1. The molecule has 2 heteroatoms. The molecule has 0 saturated heterocycles. The van der Waals surface area contributed by atoms with Gasteiger partial charge in [-0.3, -0.25) is 0 Å². The van der Waals surface area contributed by atoms with E-state index in [0.717, 1.165) is 29.8 Å². The Labute approximate surface area is 85.6 Å². The normalized spacial score (nSPS) is 9.50. The quantitative estimate of drug-likeness (QED) is 0.737. The topological polar surface area (TPSA) is 35.8 Å². The minimum atomic E-state index is 0.767. The highest BCUT2D eigenvalue weighted by molar-refractivity contribution is 5.60. The fourth-order valence-electron chi connectivity index (χ4n) is 1.36. The average Bonchev–Trinajstić information content (AvgIpc) is 2.18. The Morgan fingerprint density at radius 3 is 2.86 bits per heavy atom. The van der Waals surface area contributed by atoms with Crippen molar-refractivity contribution < 1.29 is 0 Å². The van der Waals surface area contributed by atoms with E-state index in [0.29, 0.717) is 0 Å². The van der Waals surface area contributed by atoms with Crippen molar-refractivity contribution in [3.63, 3.8) is 0 Å². The van der Waals surface area contributed by atoms with Crippen LogP contribution in [0.3, 0.4) is 0 Å². The number of rotatable bonds is 4. The highest BCUT2D eigenvalue weighted by Gasteiger charge is 2.02. The van der Waals surface area contributed by atoms with Crippen molar-refractivity contribution in [1.82, 2.24) is 0 Å². The number of unbranched alkanes of at least 4 members (excludes halogenated alkanes) is 1. The fourth-order valence-corrected chi connectivity index (χ4v) is 1.36. The van der Waals surface area contributed by atoms with Gasteiger partial charge in [0.1, 0.15) is 6.07 Å². The Morgan fingerprint density at radius 2 is 2.21 bits per heavy atom. The molecule has 0 aliphatic rings. The molecule has 0 bridgehead atoms. The summed E-state index contributed by atoms with van der Waals surface area (Å²) in [5.74, 6) is 0. The Bertz CT molecular complexity index is 337. The highest BCUT2D eigenvalue weighted by Crippen LogP contribution is 2.18. The molecule has 0 aliphatic heterocycles. The first-order valence-electron chi connectivity index (χ1n) is 5.03. The number of hydrogen-bond acceptors (Lipinski definition) is 2. The number of nitriles is 1. The summed E-state index contributed by atoms with van der Waals surface area (Å²) < 4.78 is 0. The van der Waals surface area contributed by atoms with Crippen LogP contribution in [0.4, 0.5) is 5.69 Å². The van der Waals surface area contributed by atoms with Crippen molar-refractivity contribution in [2.45, 2.75) is 26.7 Å². The minimum Gasteiger partial charge on any atom is -0.384 e. The van der Waals surface area contributed by atoms with Crippen LogP contribution >= 0.6 is 0 Å². The summed E-state index contributed by atoms with van der Waals surface area (Å²) in [6.07, 6.45) is 2.31. The van der Waals surface area contributed by atoms with Crippen LogP contribution in [-0.2, 0) is 0 Å². The predicted octanol–water partition coefficient (Wildman–Crippen LogP) is 3.08. The molecule has 0 fully saturated rings. The molecular weight excluding hydrogens is 172 g/mol. The second kappa shape index (κ2) is 5.29. The van der Waals surface area contributed by atoms with E-state index in [9.17, 15) is 0 Å². The minimum absolute atomic E-state index is 0.767. The van der Waals surface area contributed by atoms with Crippen LogP contribution in [0, 0.1) is 18.3 Å². The number of aryl methyl sites for hydroxylation is 1. The van der Waals surface area contributed by atoms with E-state index < -0.39 is 0 Å². The lowest BCUT2D eigenvalue weighted by molar-refractivity contribution is 0.834. The zero-order valence-corrected chi connectivity index (χ0v) is 8.80. The molecule has 0 atom stereocenters. The van der Waals surface area contributed by atoms with Gasteiger partial charge in [-0.2, -0.15) is 5.26 Å². The maximum Gasteiger partial charge on any atom is 0.102 e.